The maximum atomic E-state index is 2.35. The molecular formula is C33H20S5. The van der Waals surface area contributed by atoms with Crippen molar-refractivity contribution in [2.24, 2.45) is 0 Å². The molecule has 0 saturated carbocycles. The van der Waals surface area contributed by atoms with Gasteiger partial charge in [0.1, 0.15) is 0 Å². The van der Waals surface area contributed by atoms with Gasteiger partial charge >= 0.3 is 0 Å². The topological polar surface area (TPSA) is 0 Å². The number of rotatable bonds is 5. The smallest absolute Gasteiger partial charge is 0.0356 e. The fraction of sp³-hybridized carbons (Fsp3) is 0.0303. The van der Waals surface area contributed by atoms with Gasteiger partial charge in [0.05, 0.1) is 0 Å². The summed E-state index contributed by atoms with van der Waals surface area (Å²) < 4.78 is 0. The molecule has 5 aromatic heterocycles. The van der Waals surface area contributed by atoms with Crippen molar-refractivity contribution in [3.63, 3.8) is 0 Å². The van der Waals surface area contributed by atoms with Crippen LogP contribution in [0.4, 0.5) is 0 Å². The first-order chi connectivity index (χ1) is 18.9. The Kier molecular flexibility index (Phi) is 5.60. The highest BCUT2D eigenvalue weighted by Gasteiger charge is 2.34. The Labute approximate surface area is 241 Å². The molecule has 1 aliphatic rings. The van der Waals surface area contributed by atoms with Gasteiger partial charge in [-0.1, -0.05) is 48.5 Å². The molecule has 7 aromatic rings. The molecule has 0 nitrogen and oxygen atoms in total. The van der Waals surface area contributed by atoms with Gasteiger partial charge in [-0.2, -0.15) is 0 Å². The summed E-state index contributed by atoms with van der Waals surface area (Å²) in [6, 6.07) is 29.4. The highest BCUT2D eigenvalue weighted by atomic mass is 32.1. The van der Waals surface area contributed by atoms with Crippen molar-refractivity contribution in [2.75, 3.05) is 0 Å². The van der Waals surface area contributed by atoms with Crippen molar-refractivity contribution in [1.29, 1.82) is 0 Å². The van der Waals surface area contributed by atoms with E-state index in [0.717, 1.165) is 6.42 Å². The molecule has 1 aliphatic carbocycles. The Morgan fingerprint density at radius 2 is 0.816 bits per heavy atom. The molecule has 2 aromatic carbocycles. The molecule has 38 heavy (non-hydrogen) atoms. The first-order valence-electron chi connectivity index (χ1n) is 12.4. The van der Waals surface area contributed by atoms with Crippen LogP contribution in [-0.2, 0) is 6.42 Å². The van der Waals surface area contributed by atoms with Crippen LogP contribution in [0.25, 0.3) is 63.3 Å². The summed E-state index contributed by atoms with van der Waals surface area (Å²) in [5, 5.41) is 11.1. The van der Waals surface area contributed by atoms with E-state index in [-0.39, 0.29) is 0 Å². The van der Waals surface area contributed by atoms with Gasteiger partial charge in [-0.05, 0) is 91.5 Å². The average Bonchev–Trinajstić information content (AvgIpc) is 3.81. The molecule has 0 fully saturated rings. The lowest BCUT2D eigenvalue weighted by atomic mass is 9.83. The normalized spacial score (nSPS) is 12.1. The molecule has 182 valence electrons. The van der Waals surface area contributed by atoms with Crippen molar-refractivity contribution in [3.8, 4) is 63.3 Å². The predicted molar refractivity (Wildman–Crippen MR) is 171 cm³/mol. The third-order valence-corrected chi connectivity index (χ3v) is 11.7. The minimum absolute atomic E-state index is 0.957. The predicted octanol–water partition coefficient (Wildman–Crippen LogP) is 11.9. The van der Waals surface area contributed by atoms with Crippen molar-refractivity contribution < 1.29 is 0 Å². The molecular weight excluding hydrogens is 557 g/mol. The van der Waals surface area contributed by atoms with Crippen LogP contribution in [0.5, 0.6) is 0 Å². The van der Waals surface area contributed by atoms with E-state index in [1.807, 2.05) is 56.7 Å². The second-order valence-corrected chi connectivity index (χ2v) is 14.0. The fourth-order valence-electron chi connectivity index (χ4n) is 5.82. The van der Waals surface area contributed by atoms with Crippen LogP contribution < -0.4 is 0 Å². The quantitative estimate of drug-likeness (QED) is 0.191. The molecule has 0 aliphatic heterocycles. The lowest BCUT2D eigenvalue weighted by molar-refractivity contribution is 1.27. The minimum atomic E-state index is 0.957. The number of hydrogen-bond acceptors (Lipinski definition) is 5. The summed E-state index contributed by atoms with van der Waals surface area (Å²) in [4.78, 5) is 6.70. The Bertz CT molecular complexity index is 1850. The summed E-state index contributed by atoms with van der Waals surface area (Å²) in [6.45, 7) is 0. The summed E-state index contributed by atoms with van der Waals surface area (Å²) in [5.41, 5.74) is 12.7. The Morgan fingerprint density at radius 1 is 0.368 bits per heavy atom. The maximum absolute atomic E-state index is 2.35. The molecule has 0 radical (unpaired) electrons. The lowest BCUT2D eigenvalue weighted by Crippen LogP contribution is -1.98. The third kappa shape index (κ3) is 3.50. The first-order valence-corrected chi connectivity index (χ1v) is 16.8. The van der Waals surface area contributed by atoms with Crippen molar-refractivity contribution in [3.05, 3.63) is 117 Å². The first kappa shape index (κ1) is 22.9. The van der Waals surface area contributed by atoms with E-state index in [4.69, 9.17) is 0 Å². The van der Waals surface area contributed by atoms with Gasteiger partial charge in [-0.25, -0.2) is 0 Å². The van der Waals surface area contributed by atoms with Crippen LogP contribution in [0.1, 0.15) is 11.1 Å². The minimum Gasteiger partial charge on any atom is -0.144 e. The summed E-state index contributed by atoms with van der Waals surface area (Å²) in [7, 11) is 0. The Hall–Kier alpha value is -3.06. The number of hydrogen-bond donors (Lipinski definition) is 0. The average molecular weight is 577 g/mol. The van der Waals surface area contributed by atoms with Crippen LogP contribution in [0.15, 0.2) is 106 Å². The zero-order chi connectivity index (χ0) is 25.1. The molecule has 0 spiro atoms. The monoisotopic (exact) mass is 576 g/mol. The van der Waals surface area contributed by atoms with Crippen molar-refractivity contribution >= 4 is 56.7 Å². The summed E-state index contributed by atoms with van der Waals surface area (Å²) >= 11 is 9.24. The van der Waals surface area contributed by atoms with Crippen molar-refractivity contribution in [1.82, 2.24) is 0 Å². The van der Waals surface area contributed by atoms with E-state index < -0.39 is 0 Å². The summed E-state index contributed by atoms with van der Waals surface area (Å²) in [5.74, 6) is 0. The van der Waals surface area contributed by atoms with E-state index in [1.165, 1.54) is 74.5 Å². The highest BCUT2D eigenvalue weighted by molar-refractivity contribution is 7.16. The molecule has 0 atom stereocenters. The van der Waals surface area contributed by atoms with E-state index in [1.54, 1.807) is 0 Å². The van der Waals surface area contributed by atoms with Crippen LogP contribution in [-0.4, -0.2) is 0 Å². The molecule has 0 saturated heterocycles. The van der Waals surface area contributed by atoms with Gasteiger partial charge in [0.25, 0.3) is 0 Å². The molecule has 5 heterocycles. The Balaban J connectivity index is 1.61. The Morgan fingerprint density at radius 3 is 1.32 bits per heavy atom. The van der Waals surface area contributed by atoms with Gasteiger partial charge in [0.2, 0.25) is 0 Å². The van der Waals surface area contributed by atoms with Crippen LogP contribution >= 0.6 is 56.7 Å². The van der Waals surface area contributed by atoms with Gasteiger partial charge < -0.3 is 0 Å². The van der Waals surface area contributed by atoms with E-state index >= 15 is 0 Å². The zero-order valence-electron chi connectivity index (χ0n) is 20.1. The van der Waals surface area contributed by atoms with Gasteiger partial charge in [0.15, 0.2) is 0 Å². The van der Waals surface area contributed by atoms with E-state index in [9.17, 15) is 0 Å². The number of thiophene rings is 5. The molecule has 8 rings (SSSR count). The van der Waals surface area contributed by atoms with E-state index in [0.29, 0.717) is 0 Å². The molecule has 0 amide bonds. The lowest BCUT2D eigenvalue weighted by Gasteiger charge is -2.23. The highest BCUT2D eigenvalue weighted by Crippen LogP contribution is 2.59. The van der Waals surface area contributed by atoms with Gasteiger partial charge in [-0.3, -0.25) is 0 Å². The molecule has 0 unspecified atom stereocenters. The second kappa shape index (κ2) is 9.30. The van der Waals surface area contributed by atoms with Crippen LogP contribution in [0.2, 0.25) is 0 Å². The third-order valence-electron chi connectivity index (χ3n) is 7.23. The van der Waals surface area contributed by atoms with Crippen molar-refractivity contribution in [2.45, 2.75) is 6.42 Å². The SMILES string of the molecule is c1csc(-c2cccc3c2-c2c(c(-c4cccs4)c(-c4cccs4)c(-c4cccs4)c2-c2cccs2)C3)c1. The number of fused-ring (bicyclic) bond motifs is 3. The summed E-state index contributed by atoms with van der Waals surface area (Å²) in [6.07, 6.45) is 0.957. The van der Waals surface area contributed by atoms with Crippen LogP contribution in [0, 0.1) is 0 Å². The van der Waals surface area contributed by atoms with Crippen LogP contribution in [0.3, 0.4) is 0 Å². The molecule has 0 bridgehead atoms. The maximum Gasteiger partial charge on any atom is 0.0356 e. The molecule has 5 heteroatoms. The van der Waals surface area contributed by atoms with Gasteiger partial charge in [0, 0.05) is 46.6 Å². The van der Waals surface area contributed by atoms with E-state index in [2.05, 4.69) is 106 Å². The standard InChI is InChI=1S/C33H20S5/c1-7-20-19-22-29(24-10-3-15-35-24)31(25-11-4-16-36-25)33(27-13-6-18-38-27)32(26-12-5-17-37-26)30(22)28(20)21(8-1)23-9-2-14-34-23/h1-18H,19H2. The largest absolute Gasteiger partial charge is 0.144 e. The fourth-order valence-corrected chi connectivity index (χ4v) is 9.73. The van der Waals surface area contributed by atoms with Gasteiger partial charge in [-0.15, -0.1) is 56.7 Å². The second-order valence-electron chi connectivity index (χ2n) is 9.26. The zero-order valence-corrected chi connectivity index (χ0v) is 24.2. The number of benzene rings is 2. The molecule has 0 N–H and O–H groups in total.